The van der Waals surface area contributed by atoms with Crippen LogP contribution in [0.3, 0.4) is 0 Å². The summed E-state index contributed by atoms with van der Waals surface area (Å²) in [4.78, 5) is 13.8. The van der Waals surface area contributed by atoms with Gasteiger partial charge in [-0.2, -0.15) is 0 Å². The first kappa shape index (κ1) is 10.7. The minimum Gasteiger partial charge on any atom is -0.393 e. The van der Waals surface area contributed by atoms with Gasteiger partial charge in [-0.3, -0.25) is 0 Å². The third-order valence-electron chi connectivity index (χ3n) is 4.13. The lowest BCUT2D eigenvalue weighted by Crippen LogP contribution is -2.49. The number of hydrogen-bond donors (Lipinski definition) is 1. The van der Waals surface area contributed by atoms with E-state index in [-0.39, 0.29) is 11.9 Å². The van der Waals surface area contributed by atoms with Crippen molar-refractivity contribution in [2.45, 2.75) is 37.7 Å². The maximum atomic E-state index is 10.5. The summed E-state index contributed by atoms with van der Waals surface area (Å²) >= 11 is 0. The Hall–Kier alpha value is -1.49. The number of hydrogen-bond acceptors (Lipinski definition) is 4. The molecule has 1 N–H and O–H groups in total. The van der Waals surface area contributed by atoms with Gasteiger partial charge in [0.2, 0.25) is 0 Å². The fourth-order valence-corrected chi connectivity index (χ4v) is 3.24. The van der Waals surface area contributed by atoms with E-state index >= 15 is 0 Å². The monoisotopic (exact) mass is 234 g/mol. The van der Waals surface area contributed by atoms with Crippen molar-refractivity contribution in [1.29, 1.82) is 0 Å². The zero-order valence-corrected chi connectivity index (χ0v) is 9.37. The molecule has 1 aromatic heterocycles. The number of nitrogens with zero attached hydrogens (tertiary/aromatic N) is 2. The van der Waals surface area contributed by atoms with Gasteiger partial charge in [0.15, 0.2) is 0 Å². The maximum Gasteiger partial charge on any atom is 0.363 e. The smallest absolute Gasteiger partial charge is 0.363 e. The molecule has 0 bridgehead atoms. The van der Waals surface area contributed by atoms with Crippen molar-refractivity contribution in [3.05, 3.63) is 34.0 Å². The van der Waals surface area contributed by atoms with Crippen LogP contribution in [-0.4, -0.2) is 21.1 Å². The van der Waals surface area contributed by atoms with Crippen LogP contribution < -0.4 is 0 Å². The van der Waals surface area contributed by atoms with Gasteiger partial charge in [-0.1, -0.05) is 0 Å². The van der Waals surface area contributed by atoms with Crippen LogP contribution in [-0.2, 0) is 0 Å². The maximum absolute atomic E-state index is 10.5. The summed E-state index contributed by atoms with van der Waals surface area (Å²) in [5.41, 5.74) is 1.45. The van der Waals surface area contributed by atoms with E-state index in [0.29, 0.717) is 11.3 Å². The summed E-state index contributed by atoms with van der Waals surface area (Å²) in [6, 6.07) is 3.27. The average molecular weight is 234 g/mol. The molecule has 3 rings (SSSR count). The number of aromatic nitrogens is 1. The van der Waals surface area contributed by atoms with Crippen LogP contribution in [0.15, 0.2) is 18.3 Å². The van der Waals surface area contributed by atoms with Crippen molar-refractivity contribution in [3.63, 3.8) is 0 Å². The van der Waals surface area contributed by atoms with Gasteiger partial charge in [-0.05, 0) is 58.6 Å². The molecular formula is C12H14N2O3. The second-order valence-electron chi connectivity index (χ2n) is 5.37. The molecule has 17 heavy (non-hydrogen) atoms. The first-order valence-electron chi connectivity index (χ1n) is 5.86. The lowest BCUT2D eigenvalue weighted by atomic mass is 9.50. The van der Waals surface area contributed by atoms with E-state index in [4.69, 9.17) is 0 Å². The summed E-state index contributed by atoms with van der Waals surface area (Å²) in [6.45, 7) is 0. The lowest BCUT2D eigenvalue weighted by molar-refractivity contribution is -0.389. The normalized spacial score (nSPS) is 35.1. The molecule has 0 atom stereocenters. The molecule has 2 aliphatic rings. The van der Waals surface area contributed by atoms with Crippen LogP contribution >= 0.6 is 0 Å². The zero-order chi connectivity index (χ0) is 12.0. The Bertz CT molecular complexity index is 443. The second kappa shape index (κ2) is 3.50. The Morgan fingerprint density at radius 3 is 2.53 bits per heavy atom. The van der Waals surface area contributed by atoms with Crippen molar-refractivity contribution in [2.24, 2.45) is 5.41 Å². The highest BCUT2D eigenvalue weighted by molar-refractivity contribution is 5.28. The predicted octanol–water partition coefficient (Wildman–Crippen LogP) is 2.01. The van der Waals surface area contributed by atoms with E-state index in [2.05, 4.69) is 4.98 Å². The van der Waals surface area contributed by atoms with Crippen molar-refractivity contribution in [2.75, 3.05) is 0 Å². The third kappa shape index (κ3) is 1.70. The van der Waals surface area contributed by atoms with Crippen molar-refractivity contribution >= 4 is 5.82 Å². The second-order valence-corrected chi connectivity index (χ2v) is 5.37. The predicted molar refractivity (Wildman–Crippen MR) is 60.5 cm³/mol. The quantitative estimate of drug-likeness (QED) is 0.627. The van der Waals surface area contributed by atoms with Crippen molar-refractivity contribution in [1.82, 2.24) is 4.98 Å². The Morgan fingerprint density at radius 1 is 1.35 bits per heavy atom. The summed E-state index contributed by atoms with van der Waals surface area (Å²) in [5, 5.41) is 19.8. The molecule has 0 amide bonds. The Kier molecular flexibility index (Phi) is 2.19. The van der Waals surface area contributed by atoms with Gasteiger partial charge >= 0.3 is 5.82 Å². The summed E-state index contributed by atoms with van der Waals surface area (Å²) in [7, 11) is 0. The van der Waals surface area contributed by atoms with E-state index in [1.165, 1.54) is 6.07 Å². The minimum absolute atomic E-state index is 0.0955. The number of rotatable bonds is 2. The van der Waals surface area contributed by atoms with Crippen LogP contribution in [0.2, 0.25) is 0 Å². The van der Waals surface area contributed by atoms with Crippen molar-refractivity contribution < 1.29 is 10.0 Å². The SMILES string of the molecule is O=[N+]([O-])c1ccc(C2CC3(CC(O)C3)C2)cn1. The van der Waals surface area contributed by atoms with E-state index in [1.54, 1.807) is 12.3 Å². The largest absolute Gasteiger partial charge is 0.393 e. The van der Waals surface area contributed by atoms with Crippen LogP contribution in [0.25, 0.3) is 0 Å². The van der Waals surface area contributed by atoms with Gasteiger partial charge in [0.05, 0.1) is 6.10 Å². The van der Waals surface area contributed by atoms with E-state index in [1.807, 2.05) is 0 Å². The molecule has 0 aliphatic heterocycles. The van der Waals surface area contributed by atoms with Crippen LogP contribution in [0.1, 0.15) is 37.2 Å². The molecule has 0 aromatic carbocycles. The molecular weight excluding hydrogens is 220 g/mol. The standard InChI is InChI=1S/C12H14N2O3/c15-10-5-12(6-10)3-9(4-12)8-1-2-11(13-7-8)14(16)17/h1-2,7,9-10,15H,3-6H2. The van der Waals surface area contributed by atoms with Gasteiger partial charge in [0.1, 0.15) is 6.20 Å². The lowest BCUT2D eigenvalue weighted by Gasteiger charge is -2.56. The number of pyridine rings is 1. The van der Waals surface area contributed by atoms with Crippen LogP contribution in [0.5, 0.6) is 0 Å². The first-order valence-corrected chi connectivity index (χ1v) is 5.86. The Labute approximate surface area is 98.6 Å². The van der Waals surface area contributed by atoms with Gasteiger partial charge < -0.3 is 15.2 Å². The molecule has 5 nitrogen and oxygen atoms in total. The van der Waals surface area contributed by atoms with E-state index < -0.39 is 4.92 Å². The molecule has 2 aliphatic carbocycles. The molecule has 2 saturated carbocycles. The van der Waals surface area contributed by atoms with Crippen LogP contribution in [0, 0.1) is 15.5 Å². The molecule has 0 saturated heterocycles. The summed E-state index contributed by atoms with van der Waals surface area (Å²) in [6.07, 6.45) is 5.53. The fourth-order valence-electron chi connectivity index (χ4n) is 3.24. The van der Waals surface area contributed by atoms with E-state index in [0.717, 1.165) is 31.2 Å². The van der Waals surface area contributed by atoms with Crippen LogP contribution in [0.4, 0.5) is 5.82 Å². The highest BCUT2D eigenvalue weighted by atomic mass is 16.6. The number of nitro groups is 1. The minimum atomic E-state index is -0.478. The molecule has 0 unspecified atom stereocenters. The topological polar surface area (TPSA) is 76.3 Å². The van der Waals surface area contributed by atoms with Crippen molar-refractivity contribution in [3.8, 4) is 0 Å². The molecule has 1 heterocycles. The molecule has 0 radical (unpaired) electrons. The van der Waals surface area contributed by atoms with E-state index in [9.17, 15) is 15.2 Å². The van der Waals surface area contributed by atoms with Gasteiger partial charge in [-0.15, -0.1) is 0 Å². The molecule has 1 spiro atoms. The molecule has 2 fully saturated rings. The summed E-state index contributed by atoms with van der Waals surface area (Å²) < 4.78 is 0. The van der Waals surface area contributed by atoms with Gasteiger partial charge in [0, 0.05) is 6.07 Å². The fraction of sp³-hybridized carbons (Fsp3) is 0.583. The number of aliphatic hydroxyl groups excluding tert-OH is 1. The average Bonchev–Trinajstić information content (AvgIpc) is 2.21. The highest BCUT2D eigenvalue weighted by Crippen LogP contribution is 2.61. The third-order valence-corrected chi connectivity index (χ3v) is 4.13. The van der Waals surface area contributed by atoms with Gasteiger partial charge in [0.25, 0.3) is 0 Å². The molecule has 90 valence electrons. The molecule has 5 heteroatoms. The number of aliphatic hydroxyl groups is 1. The Morgan fingerprint density at radius 2 is 2.06 bits per heavy atom. The molecule has 1 aromatic rings. The first-order chi connectivity index (χ1) is 8.08. The van der Waals surface area contributed by atoms with Gasteiger partial charge in [-0.25, -0.2) is 0 Å². The Balaban J connectivity index is 1.65. The summed E-state index contributed by atoms with van der Waals surface area (Å²) in [5.74, 6) is 0.373. The highest BCUT2D eigenvalue weighted by Gasteiger charge is 2.52. The zero-order valence-electron chi connectivity index (χ0n) is 9.37.